The van der Waals surface area contributed by atoms with Crippen LogP contribution in [-0.2, 0) is 0 Å². The topological polar surface area (TPSA) is 55.5 Å². The molecule has 0 atom stereocenters. The summed E-state index contributed by atoms with van der Waals surface area (Å²) in [4.78, 5) is 13.6. The molecule has 0 heterocycles. The molecule has 0 amide bonds. The quantitative estimate of drug-likeness (QED) is 0.402. The van der Waals surface area contributed by atoms with Crippen LogP contribution in [0.2, 0.25) is 0 Å². The van der Waals surface area contributed by atoms with Gasteiger partial charge in [0.15, 0.2) is 0 Å². The Morgan fingerprint density at radius 3 is 2.46 bits per heavy atom. The fourth-order valence-electron chi connectivity index (χ4n) is 0.821. The summed E-state index contributed by atoms with van der Waals surface area (Å²) in [6.07, 6.45) is 2.98. The minimum Gasteiger partial charge on any atom is -0.265 e. The van der Waals surface area contributed by atoms with Crippen molar-refractivity contribution in [2.75, 3.05) is 0 Å². The van der Waals surface area contributed by atoms with E-state index in [1.165, 1.54) is 18.3 Å². The van der Waals surface area contributed by atoms with Crippen LogP contribution >= 0.6 is 0 Å². The lowest BCUT2D eigenvalue weighted by molar-refractivity contribution is -0.384. The zero-order valence-electron chi connectivity index (χ0n) is 6.88. The summed E-state index contributed by atoms with van der Waals surface area (Å²) < 4.78 is 0. The zero-order chi connectivity index (χ0) is 9.68. The predicted molar refractivity (Wildman–Crippen MR) is 50.9 cm³/mol. The van der Waals surface area contributed by atoms with Crippen molar-refractivity contribution in [1.29, 1.82) is 0 Å². The third-order valence-corrected chi connectivity index (χ3v) is 1.43. The molecule has 0 aliphatic rings. The molecule has 0 bridgehead atoms. The molecule has 1 aromatic carbocycles. The second kappa shape index (κ2) is 4.15. The molecule has 1 aromatic rings. The van der Waals surface area contributed by atoms with E-state index in [-0.39, 0.29) is 5.69 Å². The Morgan fingerprint density at radius 1 is 1.38 bits per heavy atom. The Kier molecular flexibility index (Phi) is 2.92. The van der Waals surface area contributed by atoms with Crippen molar-refractivity contribution in [3.63, 3.8) is 0 Å². The van der Waals surface area contributed by atoms with Crippen molar-refractivity contribution in [1.82, 2.24) is 0 Å². The van der Waals surface area contributed by atoms with E-state index in [2.05, 4.69) is 11.6 Å². The maximum atomic E-state index is 10.3. The van der Waals surface area contributed by atoms with Gasteiger partial charge >= 0.3 is 0 Å². The molecule has 0 spiro atoms. The van der Waals surface area contributed by atoms with Crippen molar-refractivity contribution in [2.45, 2.75) is 0 Å². The summed E-state index contributed by atoms with van der Waals surface area (Å²) in [5, 5.41) is 10.3. The van der Waals surface area contributed by atoms with Crippen LogP contribution < -0.4 is 0 Å². The average molecular weight is 176 g/mol. The van der Waals surface area contributed by atoms with E-state index in [1.54, 1.807) is 18.3 Å². The van der Waals surface area contributed by atoms with E-state index in [9.17, 15) is 10.1 Å². The van der Waals surface area contributed by atoms with Gasteiger partial charge in [-0.1, -0.05) is 6.58 Å². The van der Waals surface area contributed by atoms with Gasteiger partial charge in [0.1, 0.15) is 0 Å². The number of hydrogen-bond donors (Lipinski definition) is 0. The SMILES string of the molecule is C=CN=Cc1ccc([N+](=O)[O-])cc1. The van der Waals surface area contributed by atoms with Crippen LogP contribution in [0.5, 0.6) is 0 Å². The van der Waals surface area contributed by atoms with Crippen molar-refractivity contribution >= 4 is 11.9 Å². The number of nitro benzene ring substituents is 1. The van der Waals surface area contributed by atoms with Crippen molar-refractivity contribution < 1.29 is 4.92 Å². The van der Waals surface area contributed by atoms with Crippen molar-refractivity contribution in [3.05, 3.63) is 52.7 Å². The number of aliphatic imine (C=N–C) groups is 1. The van der Waals surface area contributed by atoms with Gasteiger partial charge in [0, 0.05) is 24.5 Å². The summed E-state index contributed by atoms with van der Waals surface area (Å²) >= 11 is 0. The third-order valence-electron chi connectivity index (χ3n) is 1.43. The summed E-state index contributed by atoms with van der Waals surface area (Å²) in [5.74, 6) is 0. The lowest BCUT2D eigenvalue weighted by atomic mass is 10.2. The van der Waals surface area contributed by atoms with Crippen molar-refractivity contribution in [2.24, 2.45) is 4.99 Å². The normalized spacial score (nSPS) is 10.2. The van der Waals surface area contributed by atoms with Gasteiger partial charge < -0.3 is 0 Å². The molecule has 0 unspecified atom stereocenters. The molecule has 0 saturated heterocycles. The smallest absolute Gasteiger partial charge is 0.265 e. The van der Waals surface area contributed by atoms with Crippen LogP contribution in [0, 0.1) is 10.1 Å². The van der Waals surface area contributed by atoms with Gasteiger partial charge in [-0.3, -0.25) is 15.1 Å². The molecule has 4 nitrogen and oxygen atoms in total. The summed E-state index contributed by atoms with van der Waals surface area (Å²) in [5.41, 5.74) is 0.890. The first-order valence-corrected chi connectivity index (χ1v) is 3.62. The van der Waals surface area contributed by atoms with E-state index in [4.69, 9.17) is 0 Å². The van der Waals surface area contributed by atoms with Crippen LogP contribution in [0.15, 0.2) is 42.0 Å². The molecule has 0 aromatic heterocycles. The maximum Gasteiger partial charge on any atom is 0.269 e. The standard InChI is InChI=1S/C9H8N2O2/c1-2-10-7-8-3-5-9(6-4-8)11(12)13/h2-7H,1H2. The number of benzene rings is 1. The van der Waals surface area contributed by atoms with Crippen molar-refractivity contribution in [3.8, 4) is 0 Å². The molecule has 1 rings (SSSR count). The summed E-state index contributed by atoms with van der Waals surface area (Å²) in [7, 11) is 0. The third kappa shape index (κ3) is 2.52. The van der Waals surface area contributed by atoms with Gasteiger partial charge in [-0.2, -0.15) is 0 Å². The minimum atomic E-state index is -0.436. The largest absolute Gasteiger partial charge is 0.269 e. The first-order chi connectivity index (χ1) is 6.24. The van der Waals surface area contributed by atoms with Gasteiger partial charge in [0.05, 0.1) is 4.92 Å². The van der Waals surface area contributed by atoms with E-state index in [0.717, 1.165) is 5.56 Å². The number of nitrogens with zero attached hydrogens (tertiary/aromatic N) is 2. The number of rotatable bonds is 3. The molecule has 0 fully saturated rings. The summed E-state index contributed by atoms with van der Waals surface area (Å²) in [6.45, 7) is 3.42. The summed E-state index contributed by atoms with van der Waals surface area (Å²) in [6, 6.07) is 6.13. The Morgan fingerprint density at radius 2 is 2.00 bits per heavy atom. The molecular weight excluding hydrogens is 168 g/mol. The fraction of sp³-hybridized carbons (Fsp3) is 0. The van der Waals surface area contributed by atoms with Gasteiger partial charge in [0.25, 0.3) is 5.69 Å². The monoisotopic (exact) mass is 176 g/mol. The Balaban J connectivity index is 2.87. The van der Waals surface area contributed by atoms with Crippen LogP contribution in [0.25, 0.3) is 0 Å². The Bertz CT molecular complexity index is 341. The van der Waals surface area contributed by atoms with E-state index in [0.29, 0.717) is 0 Å². The van der Waals surface area contributed by atoms with Crippen LogP contribution in [0.3, 0.4) is 0 Å². The number of nitro groups is 1. The molecule has 0 aliphatic carbocycles. The maximum absolute atomic E-state index is 10.3. The molecule has 0 radical (unpaired) electrons. The number of hydrogen-bond acceptors (Lipinski definition) is 3. The predicted octanol–water partition coefficient (Wildman–Crippen LogP) is 2.16. The highest BCUT2D eigenvalue weighted by atomic mass is 16.6. The molecule has 0 N–H and O–H groups in total. The van der Waals surface area contributed by atoms with Crippen LogP contribution in [0.4, 0.5) is 5.69 Å². The minimum absolute atomic E-state index is 0.0794. The molecule has 13 heavy (non-hydrogen) atoms. The van der Waals surface area contributed by atoms with Gasteiger partial charge in [-0.05, 0) is 17.7 Å². The van der Waals surface area contributed by atoms with E-state index >= 15 is 0 Å². The van der Waals surface area contributed by atoms with Crippen LogP contribution in [-0.4, -0.2) is 11.1 Å². The highest BCUT2D eigenvalue weighted by molar-refractivity contribution is 5.80. The first kappa shape index (κ1) is 9.12. The first-order valence-electron chi connectivity index (χ1n) is 3.62. The Labute approximate surface area is 75.4 Å². The highest BCUT2D eigenvalue weighted by Crippen LogP contribution is 2.10. The highest BCUT2D eigenvalue weighted by Gasteiger charge is 2.01. The van der Waals surface area contributed by atoms with Gasteiger partial charge in [-0.25, -0.2) is 0 Å². The average Bonchev–Trinajstić information content (AvgIpc) is 2.15. The second-order valence-corrected chi connectivity index (χ2v) is 2.31. The van der Waals surface area contributed by atoms with Crippen LogP contribution in [0.1, 0.15) is 5.56 Å². The van der Waals surface area contributed by atoms with E-state index < -0.39 is 4.92 Å². The van der Waals surface area contributed by atoms with Gasteiger partial charge in [-0.15, -0.1) is 0 Å². The fourth-order valence-corrected chi connectivity index (χ4v) is 0.821. The lowest BCUT2D eigenvalue weighted by Crippen LogP contribution is -1.87. The molecule has 4 heteroatoms. The molecule has 66 valence electrons. The Hall–Kier alpha value is -1.97. The zero-order valence-corrected chi connectivity index (χ0v) is 6.88. The molecule has 0 aliphatic heterocycles. The van der Waals surface area contributed by atoms with E-state index in [1.807, 2.05) is 0 Å². The molecular formula is C9H8N2O2. The number of non-ortho nitro benzene ring substituents is 1. The lowest BCUT2D eigenvalue weighted by Gasteiger charge is -1.91. The second-order valence-electron chi connectivity index (χ2n) is 2.31. The molecule has 0 saturated carbocycles. The van der Waals surface area contributed by atoms with Gasteiger partial charge in [0.2, 0.25) is 0 Å².